The molecule has 0 aromatic carbocycles. The molecule has 0 bridgehead atoms. The summed E-state index contributed by atoms with van der Waals surface area (Å²) in [5.74, 6) is 0.560. The van der Waals surface area contributed by atoms with Gasteiger partial charge in [-0.15, -0.1) is 11.3 Å². The van der Waals surface area contributed by atoms with Crippen LogP contribution < -0.4 is 4.90 Å². The van der Waals surface area contributed by atoms with Gasteiger partial charge in [0.05, 0.1) is 11.8 Å². The highest BCUT2D eigenvalue weighted by Crippen LogP contribution is 2.30. The summed E-state index contributed by atoms with van der Waals surface area (Å²) in [4.78, 5) is 11.8. The first kappa shape index (κ1) is 14.0. The molecule has 2 heterocycles. The number of rotatable bonds is 4. The Kier molecular flexibility index (Phi) is 3.93. The van der Waals surface area contributed by atoms with E-state index < -0.39 is 12.6 Å². The summed E-state index contributed by atoms with van der Waals surface area (Å²) < 4.78 is 36.7. The third kappa shape index (κ3) is 3.34. The van der Waals surface area contributed by atoms with Crippen molar-refractivity contribution in [1.82, 2.24) is 9.97 Å². The predicted octanol–water partition coefficient (Wildman–Crippen LogP) is 3.64. The average molecular weight is 289 g/mol. The monoisotopic (exact) mass is 289 g/mol. The van der Waals surface area contributed by atoms with Crippen molar-refractivity contribution in [2.75, 3.05) is 18.5 Å². The van der Waals surface area contributed by atoms with Gasteiger partial charge in [0.25, 0.3) is 0 Å². The van der Waals surface area contributed by atoms with Gasteiger partial charge in [0.15, 0.2) is 0 Å². The molecule has 0 amide bonds. The lowest BCUT2D eigenvalue weighted by Gasteiger charge is -2.19. The summed E-state index contributed by atoms with van der Waals surface area (Å²) in [5.41, 5.74) is 0. The van der Waals surface area contributed by atoms with Gasteiger partial charge >= 0.3 is 6.18 Å². The maximum absolute atomic E-state index is 12.2. The van der Waals surface area contributed by atoms with Crippen LogP contribution in [0.4, 0.5) is 19.0 Å². The van der Waals surface area contributed by atoms with Crippen molar-refractivity contribution < 1.29 is 13.2 Å². The van der Waals surface area contributed by atoms with E-state index in [4.69, 9.17) is 0 Å². The molecule has 0 saturated heterocycles. The summed E-state index contributed by atoms with van der Waals surface area (Å²) in [5, 5.41) is 0.828. The van der Waals surface area contributed by atoms with Crippen molar-refractivity contribution in [3.8, 4) is 0 Å². The van der Waals surface area contributed by atoms with Gasteiger partial charge < -0.3 is 4.90 Å². The zero-order chi connectivity index (χ0) is 14.0. The van der Waals surface area contributed by atoms with E-state index in [0.717, 1.165) is 21.5 Å². The Balaban J connectivity index is 2.26. The fourth-order valence-corrected chi connectivity index (χ4v) is 2.70. The standard InChI is InChI=1S/C12H14F3N3S/c1-3-8-6-9-10(16-7-17-11(9)19-8)18(2)5-4-12(13,14)15/h6-7H,3-5H2,1-2H3. The molecule has 0 saturated carbocycles. The number of fused-ring (bicyclic) bond motifs is 1. The van der Waals surface area contributed by atoms with Crippen molar-refractivity contribution in [1.29, 1.82) is 0 Å². The maximum Gasteiger partial charge on any atom is 0.390 e. The van der Waals surface area contributed by atoms with Gasteiger partial charge in [-0.1, -0.05) is 6.92 Å². The molecule has 7 heteroatoms. The summed E-state index contributed by atoms with van der Waals surface area (Å²) in [6.45, 7) is 1.93. The number of hydrogen-bond acceptors (Lipinski definition) is 4. The second kappa shape index (κ2) is 5.32. The molecule has 104 valence electrons. The highest BCUT2D eigenvalue weighted by molar-refractivity contribution is 7.18. The average Bonchev–Trinajstić information content (AvgIpc) is 2.77. The minimum Gasteiger partial charge on any atom is -0.359 e. The van der Waals surface area contributed by atoms with Gasteiger partial charge in [-0.2, -0.15) is 13.2 Å². The van der Waals surface area contributed by atoms with Crippen molar-refractivity contribution in [2.45, 2.75) is 25.9 Å². The number of alkyl halides is 3. The highest BCUT2D eigenvalue weighted by atomic mass is 32.1. The molecule has 19 heavy (non-hydrogen) atoms. The largest absolute Gasteiger partial charge is 0.390 e. The van der Waals surface area contributed by atoms with Crippen LogP contribution in [0.2, 0.25) is 0 Å². The molecule has 3 nitrogen and oxygen atoms in total. The summed E-state index contributed by atoms with van der Waals surface area (Å²) in [7, 11) is 1.62. The molecule has 0 aliphatic carbocycles. The Hall–Kier alpha value is -1.37. The number of nitrogens with zero attached hydrogens (tertiary/aromatic N) is 3. The summed E-state index contributed by atoms with van der Waals surface area (Å²) >= 11 is 1.55. The van der Waals surface area contributed by atoms with E-state index in [2.05, 4.69) is 9.97 Å². The van der Waals surface area contributed by atoms with Crippen molar-refractivity contribution >= 4 is 27.4 Å². The number of hydrogen-bond donors (Lipinski definition) is 0. The number of halogens is 3. The second-order valence-electron chi connectivity index (χ2n) is 4.27. The van der Waals surface area contributed by atoms with E-state index >= 15 is 0 Å². The molecule has 0 fully saturated rings. The van der Waals surface area contributed by atoms with Gasteiger partial charge in [0.2, 0.25) is 0 Å². The molecular weight excluding hydrogens is 275 g/mol. The Morgan fingerprint density at radius 1 is 1.32 bits per heavy atom. The Bertz CT molecular complexity index is 565. The number of anilines is 1. The van der Waals surface area contributed by atoms with Crippen molar-refractivity contribution in [3.63, 3.8) is 0 Å². The molecule has 2 rings (SSSR count). The Morgan fingerprint density at radius 3 is 2.68 bits per heavy atom. The van der Waals surface area contributed by atoms with Crippen molar-refractivity contribution in [3.05, 3.63) is 17.3 Å². The molecule has 2 aromatic rings. The molecule has 0 aliphatic heterocycles. The van der Waals surface area contributed by atoms with E-state index in [1.165, 1.54) is 11.2 Å². The third-order valence-electron chi connectivity index (χ3n) is 2.80. The van der Waals surface area contributed by atoms with Crippen LogP contribution in [0.1, 0.15) is 18.2 Å². The quantitative estimate of drug-likeness (QED) is 0.860. The summed E-state index contributed by atoms with van der Waals surface area (Å²) in [6, 6.07) is 1.96. The fraction of sp³-hybridized carbons (Fsp3) is 0.500. The van der Waals surface area contributed by atoms with Crippen LogP contribution in [0.15, 0.2) is 12.4 Å². The van der Waals surface area contributed by atoms with Gasteiger partial charge in [0, 0.05) is 18.5 Å². The van der Waals surface area contributed by atoms with Crippen LogP contribution in [-0.4, -0.2) is 29.7 Å². The van der Waals surface area contributed by atoms with E-state index in [9.17, 15) is 13.2 Å². The lowest BCUT2D eigenvalue weighted by atomic mass is 10.3. The van der Waals surface area contributed by atoms with Gasteiger partial charge in [-0.3, -0.25) is 0 Å². The molecular formula is C12H14F3N3S. The first-order valence-corrected chi connectivity index (χ1v) is 6.73. The lowest BCUT2D eigenvalue weighted by Crippen LogP contribution is -2.24. The van der Waals surface area contributed by atoms with Gasteiger partial charge in [-0.25, -0.2) is 9.97 Å². The fourth-order valence-electron chi connectivity index (χ4n) is 1.77. The van der Waals surface area contributed by atoms with Crippen LogP contribution >= 0.6 is 11.3 Å². The molecule has 0 aliphatic rings. The Morgan fingerprint density at radius 2 is 2.05 bits per heavy atom. The van der Waals surface area contributed by atoms with Crippen LogP contribution in [0, 0.1) is 0 Å². The molecule has 0 spiro atoms. The maximum atomic E-state index is 12.2. The number of aromatic nitrogens is 2. The van der Waals surface area contributed by atoms with Crippen molar-refractivity contribution in [2.24, 2.45) is 0 Å². The molecule has 0 unspecified atom stereocenters. The van der Waals surface area contributed by atoms with Crippen LogP contribution in [-0.2, 0) is 6.42 Å². The molecule has 0 atom stereocenters. The molecule has 2 aromatic heterocycles. The zero-order valence-electron chi connectivity index (χ0n) is 10.7. The van der Waals surface area contributed by atoms with Gasteiger partial charge in [-0.05, 0) is 12.5 Å². The number of aryl methyl sites for hydroxylation is 1. The van der Waals surface area contributed by atoms with E-state index in [-0.39, 0.29) is 6.54 Å². The summed E-state index contributed by atoms with van der Waals surface area (Å²) in [6.07, 6.45) is -2.71. The van der Waals surface area contributed by atoms with Gasteiger partial charge in [0.1, 0.15) is 17.0 Å². The first-order chi connectivity index (χ1) is 8.90. The third-order valence-corrected chi connectivity index (χ3v) is 3.99. The normalized spacial score (nSPS) is 12.1. The smallest absolute Gasteiger partial charge is 0.359 e. The molecule has 0 N–H and O–H groups in total. The lowest BCUT2D eigenvalue weighted by molar-refractivity contribution is -0.132. The zero-order valence-corrected chi connectivity index (χ0v) is 11.5. The molecule has 0 radical (unpaired) electrons. The Labute approximate surface area is 113 Å². The SMILES string of the molecule is CCc1cc2c(N(C)CCC(F)(F)F)ncnc2s1. The van der Waals surface area contributed by atoms with E-state index in [0.29, 0.717) is 5.82 Å². The predicted molar refractivity (Wildman–Crippen MR) is 70.7 cm³/mol. The highest BCUT2D eigenvalue weighted by Gasteiger charge is 2.27. The first-order valence-electron chi connectivity index (χ1n) is 5.92. The topological polar surface area (TPSA) is 29.0 Å². The minimum absolute atomic E-state index is 0.104. The van der Waals surface area contributed by atoms with Crippen LogP contribution in [0.25, 0.3) is 10.2 Å². The van der Waals surface area contributed by atoms with Crippen LogP contribution in [0.3, 0.4) is 0 Å². The van der Waals surface area contributed by atoms with E-state index in [1.807, 2.05) is 13.0 Å². The number of thiophene rings is 1. The van der Waals surface area contributed by atoms with Crippen LogP contribution in [0.5, 0.6) is 0 Å². The minimum atomic E-state index is -4.15. The second-order valence-corrected chi connectivity index (χ2v) is 5.38. The van der Waals surface area contributed by atoms with E-state index in [1.54, 1.807) is 18.4 Å².